The van der Waals surface area contributed by atoms with E-state index in [9.17, 15) is 14.3 Å². The second kappa shape index (κ2) is 7.96. The van der Waals surface area contributed by atoms with Crippen LogP contribution in [0.1, 0.15) is 16.1 Å². The van der Waals surface area contributed by atoms with Crippen LogP contribution >= 0.6 is 11.6 Å². The summed E-state index contributed by atoms with van der Waals surface area (Å²) in [6.07, 6.45) is 0. The number of phenols is 1. The molecule has 4 aromatic rings. The van der Waals surface area contributed by atoms with Gasteiger partial charge in [0.25, 0.3) is 5.91 Å². The summed E-state index contributed by atoms with van der Waals surface area (Å²) in [6.45, 7) is 1.80. The Kier molecular flexibility index (Phi) is 5.20. The Morgan fingerprint density at radius 3 is 2.77 bits per heavy atom. The lowest BCUT2D eigenvalue weighted by Gasteiger charge is -2.07. The molecular weight excluding hydrogens is 409 g/mol. The minimum atomic E-state index is -0.666. The molecular formula is C22H15ClFN3O3. The molecule has 1 amide bonds. The molecule has 0 spiro atoms. The predicted octanol–water partition coefficient (Wildman–Crippen LogP) is 5.12. The first kappa shape index (κ1) is 19.6. The van der Waals surface area contributed by atoms with Gasteiger partial charge in [-0.3, -0.25) is 4.79 Å². The molecule has 150 valence electrons. The minimum absolute atomic E-state index is 0.0176. The highest BCUT2D eigenvalue weighted by molar-refractivity contribution is 6.30. The normalized spacial score (nSPS) is 11.6. The van der Waals surface area contributed by atoms with Gasteiger partial charge < -0.3 is 14.8 Å². The lowest BCUT2D eigenvalue weighted by Crippen LogP contribution is -2.22. The first-order valence-electron chi connectivity index (χ1n) is 8.91. The summed E-state index contributed by atoms with van der Waals surface area (Å²) >= 11 is 5.80. The maximum Gasteiger partial charge on any atom is 0.262 e. The van der Waals surface area contributed by atoms with Crippen LogP contribution in [0.15, 0.2) is 70.1 Å². The molecule has 2 aromatic carbocycles. The molecule has 0 saturated heterocycles. The second-order valence-electron chi connectivity index (χ2n) is 6.51. The Bertz CT molecular complexity index is 1350. The van der Waals surface area contributed by atoms with E-state index in [1.807, 2.05) is 0 Å². The minimum Gasteiger partial charge on any atom is -0.508 e. The number of phenolic OH excluding ortho intramolecular Hbond substituents is 1. The van der Waals surface area contributed by atoms with Gasteiger partial charge in [-0.25, -0.2) is 14.4 Å². The summed E-state index contributed by atoms with van der Waals surface area (Å²) < 4.78 is 20.0. The van der Waals surface area contributed by atoms with E-state index in [1.165, 1.54) is 24.3 Å². The number of fused-ring (bicyclic) bond motifs is 1. The molecule has 0 atom stereocenters. The molecule has 0 bridgehead atoms. The van der Waals surface area contributed by atoms with E-state index >= 15 is 0 Å². The number of anilines is 1. The topological polar surface area (TPSA) is 87.7 Å². The third-order valence-corrected chi connectivity index (χ3v) is 4.48. The summed E-state index contributed by atoms with van der Waals surface area (Å²) in [5.74, 6) is -0.856. The average molecular weight is 424 g/mol. The number of amides is 1. The zero-order valence-corrected chi connectivity index (χ0v) is 16.4. The monoisotopic (exact) mass is 423 g/mol. The SMILES string of the molecule is Cc1cccc(NC(=O)c2cc3ccc(O)cc3oc2=Nc2ccc(Cl)cc2F)n1. The number of halogens is 2. The summed E-state index contributed by atoms with van der Waals surface area (Å²) in [7, 11) is 0. The van der Waals surface area contributed by atoms with Crippen LogP contribution in [0, 0.1) is 12.7 Å². The third-order valence-electron chi connectivity index (χ3n) is 4.24. The van der Waals surface area contributed by atoms with E-state index in [-0.39, 0.29) is 33.2 Å². The number of hydrogen-bond acceptors (Lipinski definition) is 5. The van der Waals surface area contributed by atoms with Gasteiger partial charge in [0, 0.05) is 22.2 Å². The molecule has 4 rings (SSSR count). The fraction of sp³-hybridized carbons (Fsp3) is 0.0455. The van der Waals surface area contributed by atoms with Crippen LogP contribution in [0.5, 0.6) is 5.75 Å². The highest BCUT2D eigenvalue weighted by atomic mass is 35.5. The second-order valence-corrected chi connectivity index (χ2v) is 6.95. The van der Waals surface area contributed by atoms with Crippen molar-refractivity contribution >= 4 is 40.0 Å². The summed E-state index contributed by atoms with van der Waals surface area (Å²) in [5, 5.41) is 13.2. The lowest BCUT2D eigenvalue weighted by molar-refractivity contribution is 0.102. The van der Waals surface area contributed by atoms with Crippen molar-refractivity contribution < 1.29 is 18.7 Å². The van der Waals surface area contributed by atoms with Gasteiger partial charge in [0.15, 0.2) is 0 Å². The van der Waals surface area contributed by atoms with Gasteiger partial charge in [0.2, 0.25) is 5.55 Å². The summed E-state index contributed by atoms with van der Waals surface area (Å²) in [6, 6.07) is 15.2. The van der Waals surface area contributed by atoms with Crippen LogP contribution in [0.25, 0.3) is 11.0 Å². The largest absolute Gasteiger partial charge is 0.508 e. The fourth-order valence-electron chi connectivity index (χ4n) is 2.83. The van der Waals surface area contributed by atoms with Gasteiger partial charge in [0.1, 0.15) is 34.2 Å². The number of carbonyl (C=O) groups excluding carboxylic acids is 1. The molecule has 0 aliphatic carbocycles. The predicted molar refractivity (Wildman–Crippen MR) is 111 cm³/mol. The molecule has 6 nitrogen and oxygen atoms in total. The molecule has 8 heteroatoms. The Hall–Kier alpha value is -3.71. The molecule has 0 aliphatic heterocycles. The maximum atomic E-state index is 14.3. The molecule has 2 N–H and O–H groups in total. The molecule has 0 saturated carbocycles. The van der Waals surface area contributed by atoms with Crippen LogP contribution < -0.4 is 10.9 Å². The zero-order valence-electron chi connectivity index (χ0n) is 15.7. The van der Waals surface area contributed by atoms with Crippen LogP contribution in [0.4, 0.5) is 15.9 Å². The van der Waals surface area contributed by atoms with Gasteiger partial charge >= 0.3 is 0 Å². The van der Waals surface area contributed by atoms with E-state index in [2.05, 4.69) is 15.3 Å². The molecule has 2 aromatic heterocycles. The van der Waals surface area contributed by atoms with E-state index in [1.54, 1.807) is 37.3 Å². The van der Waals surface area contributed by atoms with Gasteiger partial charge in [0.05, 0.1) is 0 Å². The van der Waals surface area contributed by atoms with Crippen molar-refractivity contribution in [2.24, 2.45) is 4.99 Å². The van der Waals surface area contributed by atoms with Crippen molar-refractivity contribution in [3.63, 3.8) is 0 Å². The van der Waals surface area contributed by atoms with E-state index in [0.717, 1.165) is 11.8 Å². The van der Waals surface area contributed by atoms with E-state index in [4.69, 9.17) is 16.0 Å². The van der Waals surface area contributed by atoms with Crippen molar-refractivity contribution in [1.29, 1.82) is 0 Å². The number of aromatic nitrogens is 1. The van der Waals surface area contributed by atoms with Gasteiger partial charge in [-0.2, -0.15) is 0 Å². The molecule has 0 fully saturated rings. The number of aromatic hydroxyl groups is 1. The van der Waals surface area contributed by atoms with Crippen LogP contribution in [0.3, 0.4) is 0 Å². The number of nitrogens with one attached hydrogen (secondary N) is 1. The number of pyridine rings is 1. The third kappa shape index (κ3) is 4.16. The zero-order chi connectivity index (χ0) is 21.3. The van der Waals surface area contributed by atoms with Crippen LogP contribution in [0.2, 0.25) is 5.02 Å². The Morgan fingerprint density at radius 2 is 2.00 bits per heavy atom. The quantitative estimate of drug-likeness (QED) is 0.478. The van der Waals surface area contributed by atoms with Gasteiger partial charge in [-0.1, -0.05) is 17.7 Å². The van der Waals surface area contributed by atoms with E-state index < -0.39 is 11.7 Å². The van der Waals surface area contributed by atoms with Crippen LogP contribution in [-0.4, -0.2) is 16.0 Å². The maximum absolute atomic E-state index is 14.3. The Balaban J connectivity index is 1.88. The number of hydrogen-bond donors (Lipinski definition) is 2. The number of rotatable bonds is 3. The fourth-order valence-corrected chi connectivity index (χ4v) is 2.99. The number of benzene rings is 2. The summed E-state index contributed by atoms with van der Waals surface area (Å²) in [5.41, 5.74) is 0.920. The molecule has 0 radical (unpaired) electrons. The van der Waals surface area contributed by atoms with E-state index in [0.29, 0.717) is 11.2 Å². The smallest absolute Gasteiger partial charge is 0.262 e. The number of aryl methyl sites for hydroxylation is 1. The molecule has 30 heavy (non-hydrogen) atoms. The first-order valence-corrected chi connectivity index (χ1v) is 9.28. The van der Waals surface area contributed by atoms with Crippen molar-refractivity contribution in [2.75, 3.05) is 5.32 Å². The van der Waals surface area contributed by atoms with Crippen molar-refractivity contribution in [3.8, 4) is 5.75 Å². The van der Waals surface area contributed by atoms with Crippen molar-refractivity contribution in [3.05, 3.63) is 88.3 Å². The van der Waals surface area contributed by atoms with Gasteiger partial charge in [-0.05, 0) is 55.5 Å². The van der Waals surface area contributed by atoms with Crippen molar-refractivity contribution in [1.82, 2.24) is 4.98 Å². The Labute approximate surface area is 175 Å². The highest BCUT2D eigenvalue weighted by Crippen LogP contribution is 2.23. The lowest BCUT2D eigenvalue weighted by atomic mass is 10.1. The van der Waals surface area contributed by atoms with Gasteiger partial charge in [-0.15, -0.1) is 0 Å². The average Bonchev–Trinajstić information content (AvgIpc) is 2.69. The molecule has 0 aliphatic rings. The molecule has 0 unspecified atom stereocenters. The highest BCUT2D eigenvalue weighted by Gasteiger charge is 2.15. The van der Waals surface area contributed by atoms with Crippen LogP contribution in [-0.2, 0) is 0 Å². The summed E-state index contributed by atoms with van der Waals surface area (Å²) in [4.78, 5) is 21.4. The first-order chi connectivity index (χ1) is 14.4. The molecule has 2 heterocycles. The number of carbonyl (C=O) groups is 1. The number of nitrogens with zero attached hydrogens (tertiary/aromatic N) is 2. The standard InChI is InChI=1S/C22H15ClFN3O3/c1-12-3-2-4-20(25-12)27-21(29)16-9-13-5-7-15(28)11-19(13)30-22(16)26-18-8-6-14(23)10-17(18)24/h2-11,28H,1H3,(H,25,27,29). The Morgan fingerprint density at radius 1 is 1.17 bits per heavy atom. The van der Waals surface area contributed by atoms with Crippen molar-refractivity contribution in [2.45, 2.75) is 6.92 Å².